The molecular formula is C13H17Cl. The van der Waals surface area contributed by atoms with E-state index < -0.39 is 0 Å². The Kier molecular flexibility index (Phi) is 3.77. The molecule has 0 spiro atoms. The number of benzene rings is 1. The quantitative estimate of drug-likeness (QED) is 0.644. The smallest absolute Gasteiger partial charge is 0.0446 e. The molecule has 0 aliphatic heterocycles. The lowest BCUT2D eigenvalue weighted by Crippen LogP contribution is -1.94. The molecule has 0 amide bonds. The Balaban J connectivity index is 3.02. The SMILES string of the molecule is C=C(CC)Cc1c(C)cc(C)cc1Cl. The minimum atomic E-state index is 0.872. The van der Waals surface area contributed by atoms with Crippen molar-refractivity contribution in [3.8, 4) is 0 Å². The van der Waals surface area contributed by atoms with Crippen molar-refractivity contribution in [2.75, 3.05) is 0 Å². The molecule has 0 unspecified atom stereocenters. The first-order valence-corrected chi connectivity index (χ1v) is 5.34. The molecule has 0 aliphatic carbocycles. The Bertz CT molecular complexity index is 327. The monoisotopic (exact) mass is 208 g/mol. The lowest BCUT2D eigenvalue weighted by atomic mass is 9.98. The summed E-state index contributed by atoms with van der Waals surface area (Å²) in [6.45, 7) is 10.3. The van der Waals surface area contributed by atoms with Gasteiger partial charge >= 0.3 is 0 Å². The Morgan fingerprint density at radius 3 is 2.50 bits per heavy atom. The molecule has 1 heteroatoms. The van der Waals surface area contributed by atoms with E-state index in [4.69, 9.17) is 11.6 Å². The van der Waals surface area contributed by atoms with Gasteiger partial charge in [0.25, 0.3) is 0 Å². The van der Waals surface area contributed by atoms with Crippen molar-refractivity contribution >= 4 is 11.6 Å². The summed E-state index contributed by atoms with van der Waals surface area (Å²) in [6.07, 6.45) is 1.92. The van der Waals surface area contributed by atoms with Crippen LogP contribution in [0.2, 0.25) is 5.02 Å². The lowest BCUT2D eigenvalue weighted by molar-refractivity contribution is 1.00. The van der Waals surface area contributed by atoms with Gasteiger partial charge < -0.3 is 0 Å². The number of allylic oxidation sites excluding steroid dienone is 1. The number of hydrogen-bond donors (Lipinski definition) is 0. The summed E-state index contributed by atoms with van der Waals surface area (Å²) in [5.74, 6) is 0. The third kappa shape index (κ3) is 2.62. The maximum Gasteiger partial charge on any atom is 0.0446 e. The molecule has 0 radical (unpaired) electrons. The molecule has 1 rings (SSSR count). The maximum atomic E-state index is 6.19. The fourth-order valence-corrected chi connectivity index (χ4v) is 1.93. The molecule has 0 nitrogen and oxygen atoms in total. The zero-order valence-electron chi connectivity index (χ0n) is 9.15. The van der Waals surface area contributed by atoms with Gasteiger partial charge in [-0.3, -0.25) is 0 Å². The lowest BCUT2D eigenvalue weighted by Gasteiger charge is -2.10. The van der Waals surface area contributed by atoms with Crippen molar-refractivity contribution in [2.24, 2.45) is 0 Å². The van der Waals surface area contributed by atoms with Crippen molar-refractivity contribution in [1.82, 2.24) is 0 Å². The number of halogens is 1. The highest BCUT2D eigenvalue weighted by molar-refractivity contribution is 6.31. The average molecular weight is 209 g/mol. The molecule has 14 heavy (non-hydrogen) atoms. The van der Waals surface area contributed by atoms with Crippen molar-refractivity contribution in [3.05, 3.63) is 46.0 Å². The van der Waals surface area contributed by atoms with Gasteiger partial charge in [-0.05, 0) is 49.4 Å². The minimum absolute atomic E-state index is 0.872. The molecule has 0 aromatic heterocycles. The van der Waals surface area contributed by atoms with Gasteiger partial charge in [0.15, 0.2) is 0 Å². The molecule has 1 aromatic rings. The maximum absolute atomic E-state index is 6.19. The summed E-state index contributed by atoms with van der Waals surface area (Å²) in [7, 11) is 0. The molecule has 76 valence electrons. The van der Waals surface area contributed by atoms with Crippen LogP contribution >= 0.6 is 11.6 Å². The van der Waals surface area contributed by atoms with E-state index in [9.17, 15) is 0 Å². The molecule has 0 N–H and O–H groups in total. The first-order valence-electron chi connectivity index (χ1n) is 4.97. The topological polar surface area (TPSA) is 0 Å². The Morgan fingerprint density at radius 1 is 1.36 bits per heavy atom. The fourth-order valence-electron chi connectivity index (χ4n) is 1.54. The molecule has 0 aliphatic rings. The number of rotatable bonds is 3. The van der Waals surface area contributed by atoms with Gasteiger partial charge in [0.2, 0.25) is 0 Å². The van der Waals surface area contributed by atoms with E-state index >= 15 is 0 Å². The second-order valence-electron chi connectivity index (χ2n) is 3.82. The van der Waals surface area contributed by atoms with E-state index in [1.165, 1.54) is 22.3 Å². The largest absolute Gasteiger partial charge is 0.0995 e. The summed E-state index contributed by atoms with van der Waals surface area (Å²) >= 11 is 6.19. The summed E-state index contributed by atoms with van der Waals surface area (Å²) in [5, 5.41) is 0.872. The van der Waals surface area contributed by atoms with Gasteiger partial charge in [0.1, 0.15) is 0 Å². The third-order valence-electron chi connectivity index (χ3n) is 2.49. The highest BCUT2D eigenvalue weighted by Gasteiger charge is 2.05. The Morgan fingerprint density at radius 2 is 2.00 bits per heavy atom. The molecule has 0 saturated carbocycles. The highest BCUT2D eigenvalue weighted by atomic mass is 35.5. The second-order valence-corrected chi connectivity index (χ2v) is 4.23. The molecule has 0 fully saturated rings. The molecule has 0 bridgehead atoms. The van der Waals surface area contributed by atoms with Crippen molar-refractivity contribution in [3.63, 3.8) is 0 Å². The zero-order chi connectivity index (χ0) is 10.7. The van der Waals surface area contributed by atoms with Gasteiger partial charge in [-0.25, -0.2) is 0 Å². The zero-order valence-corrected chi connectivity index (χ0v) is 9.91. The number of hydrogen-bond acceptors (Lipinski definition) is 0. The predicted molar refractivity (Wildman–Crippen MR) is 64.1 cm³/mol. The van der Waals surface area contributed by atoms with Crippen LogP contribution in [0, 0.1) is 13.8 Å². The van der Waals surface area contributed by atoms with E-state index in [0.29, 0.717) is 0 Å². The van der Waals surface area contributed by atoms with Gasteiger partial charge in [-0.15, -0.1) is 0 Å². The Hall–Kier alpha value is -0.750. The Labute approximate surface area is 91.6 Å². The molecule has 0 heterocycles. The first-order chi connectivity index (χ1) is 6.54. The van der Waals surface area contributed by atoms with Crippen molar-refractivity contribution < 1.29 is 0 Å². The summed E-state index contributed by atoms with van der Waals surface area (Å²) in [5.41, 5.74) is 4.95. The molecular weight excluding hydrogens is 192 g/mol. The van der Waals surface area contributed by atoms with Gasteiger partial charge in [-0.1, -0.05) is 36.7 Å². The van der Waals surface area contributed by atoms with E-state index in [1.54, 1.807) is 0 Å². The van der Waals surface area contributed by atoms with Crippen LogP contribution in [0.1, 0.15) is 30.0 Å². The van der Waals surface area contributed by atoms with Crippen molar-refractivity contribution in [1.29, 1.82) is 0 Å². The van der Waals surface area contributed by atoms with Crippen LogP contribution in [0.4, 0.5) is 0 Å². The van der Waals surface area contributed by atoms with E-state index in [2.05, 4.69) is 33.4 Å². The van der Waals surface area contributed by atoms with Crippen LogP contribution in [0.15, 0.2) is 24.3 Å². The molecule has 0 saturated heterocycles. The molecule has 1 aromatic carbocycles. The number of aryl methyl sites for hydroxylation is 2. The predicted octanol–water partition coefficient (Wildman–Crippen LogP) is 4.47. The van der Waals surface area contributed by atoms with Gasteiger partial charge in [-0.2, -0.15) is 0 Å². The van der Waals surface area contributed by atoms with Crippen LogP contribution in [-0.2, 0) is 6.42 Å². The van der Waals surface area contributed by atoms with Crippen LogP contribution < -0.4 is 0 Å². The van der Waals surface area contributed by atoms with E-state index in [-0.39, 0.29) is 0 Å². The normalized spacial score (nSPS) is 10.3. The van der Waals surface area contributed by atoms with Crippen LogP contribution in [-0.4, -0.2) is 0 Å². The fraction of sp³-hybridized carbons (Fsp3) is 0.385. The van der Waals surface area contributed by atoms with E-state index in [1.807, 2.05) is 6.07 Å². The highest BCUT2D eigenvalue weighted by Crippen LogP contribution is 2.24. The van der Waals surface area contributed by atoms with Crippen LogP contribution in [0.3, 0.4) is 0 Å². The summed E-state index contributed by atoms with van der Waals surface area (Å²) in [6, 6.07) is 4.19. The van der Waals surface area contributed by atoms with E-state index in [0.717, 1.165) is 17.9 Å². The minimum Gasteiger partial charge on any atom is -0.0995 e. The van der Waals surface area contributed by atoms with Crippen LogP contribution in [0.5, 0.6) is 0 Å². The molecule has 0 atom stereocenters. The standard InChI is InChI=1S/C13H17Cl/c1-5-9(2)7-12-11(4)6-10(3)8-13(12)14/h6,8H,2,5,7H2,1,3-4H3. The first kappa shape index (κ1) is 11.3. The average Bonchev–Trinajstić information content (AvgIpc) is 2.10. The van der Waals surface area contributed by atoms with Gasteiger partial charge in [0.05, 0.1) is 0 Å². The van der Waals surface area contributed by atoms with Crippen LogP contribution in [0.25, 0.3) is 0 Å². The summed E-state index contributed by atoms with van der Waals surface area (Å²) < 4.78 is 0. The summed E-state index contributed by atoms with van der Waals surface area (Å²) in [4.78, 5) is 0. The second kappa shape index (κ2) is 4.65. The third-order valence-corrected chi connectivity index (χ3v) is 2.83. The van der Waals surface area contributed by atoms with Gasteiger partial charge in [0, 0.05) is 5.02 Å². The van der Waals surface area contributed by atoms with Crippen molar-refractivity contribution in [2.45, 2.75) is 33.6 Å².